The maximum absolute atomic E-state index is 12.9. The maximum atomic E-state index is 12.9. The number of aromatic nitrogens is 1. The summed E-state index contributed by atoms with van der Waals surface area (Å²) in [5.41, 5.74) is 1.66. The van der Waals surface area contributed by atoms with Crippen LogP contribution in [0.5, 0.6) is 0 Å². The normalized spacial score (nSPS) is 10.5. The molecule has 0 atom stereocenters. The van der Waals surface area contributed by atoms with E-state index >= 15 is 0 Å². The zero-order valence-electron chi connectivity index (χ0n) is 9.28. The van der Waals surface area contributed by atoms with Crippen molar-refractivity contribution in [1.29, 1.82) is 0 Å². The molecule has 0 amide bonds. The summed E-state index contributed by atoms with van der Waals surface area (Å²) in [7, 11) is 0. The van der Waals surface area contributed by atoms with E-state index in [-0.39, 0.29) is 11.4 Å². The molecular weight excluding hydrogens is 332 g/mol. The molecule has 0 saturated carbocycles. The molecule has 0 radical (unpaired) electrons. The van der Waals surface area contributed by atoms with Crippen molar-refractivity contribution in [3.8, 4) is 11.3 Å². The van der Waals surface area contributed by atoms with Gasteiger partial charge in [0.1, 0.15) is 5.82 Å². The van der Waals surface area contributed by atoms with E-state index in [1.54, 1.807) is 22.8 Å². The van der Waals surface area contributed by atoms with E-state index in [1.165, 1.54) is 12.1 Å². The zero-order chi connectivity index (χ0) is 12.4. The Hall–Kier alpha value is -1.17. The number of rotatable bonds is 2. The predicted molar refractivity (Wildman–Crippen MR) is 74.5 cm³/mol. The number of halogens is 2. The Labute approximate surface area is 112 Å². The number of pyridine rings is 1. The molecule has 1 aromatic heterocycles. The molecular formula is C13H11FINO. The number of nitrogens with zero attached hydrogens (tertiary/aromatic N) is 1. The highest BCUT2D eigenvalue weighted by Gasteiger charge is 2.07. The van der Waals surface area contributed by atoms with Gasteiger partial charge in [0.25, 0.3) is 5.56 Å². The summed E-state index contributed by atoms with van der Waals surface area (Å²) >= 11 is 2.02. The first-order valence-corrected chi connectivity index (χ1v) is 6.36. The molecule has 2 rings (SSSR count). The first kappa shape index (κ1) is 12.3. The van der Waals surface area contributed by atoms with E-state index in [4.69, 9.17) is 0 Å². The van der Waals surface area contributed by atoms with E-state index in [0.29, 0.717) is 10.1 Å². The van der Waals surface area contributed by atoms with Crippen LogP contribution in [-0.4, -0.2) is 4.57 Å². The summed E-state index contributed by atoms with van der Waals surface area (Å²) in [4.78, 5) is 11.9. The Morgan fingerprint density at radius 1 is 1.18 bits per heavy atom. The molecule has 2 aromatic rings. The molecule has 0 N–H and O–H groups in total. The van der Waals surface area contributed by atoms with E-state index in [9.17, 15) is 9.18 Å². The molecule has 2 nitrogen and oxygen atoms in total. The third-order valence-electron chi connectivity index (χ3n) is 2.58. The number of benzene rings is 1. The fourth-order valence-electron chi connectivity index (χ4n) is 1.74. The highest BCUT2D eigenvalue weighted by molar-refractivity contribution is 14.1. The number of hydrogen-bond acceptors (Lipinski definition) is 1. The van der Waals surface area contributed by atoms with Gasteiger partial charge < -0.3 is 4.57 Å². The third kappa shape index (κ3) is 2.41. The lowest BCUT2D eigenvalue weighted by Crippen LogP contribution is -2.22. The SMILES string of the molecule is CCn1c(-c2ccc(F)cc2)ccc(I)c1=O. The van der Waals surface area contributed by atoms with Crippen molar-refractivity contribution in [2.75, 3.05) is 0 Å². The van der Waals surface area contributed by atoms with Gasteiger partial charge in [0.05, 0.1) is 9.26 Å². The summed E-state index contributed by atoms with van der Waals surface area (Å²) in [6.07, 6.45) is 0. The highest BCUT2D eigenvalue weighted by atomic mass is 127. The van der Waals surface area contributed by atoms with Gasteiger partial charge >= 0.3 is 0 Å². The van der Waals surface area contributed by atoms with Crippen molar-refractivity contribution in [2.45, 2.75) is 13.5 Å². The Bertz CT molecular complexity index is 589. The minimum Gasteiger partial charge on any atom is -0.308 e. The molecule has 17 heavy (non-hydrogen) atoms. The Balaban J connectivity index is 2.63. The third-order valence-corrected chi connectivity index (χ3v) is 3.40. The largest absolute Gasteiger partial charge is 0.308 e. The topological polar surface area (TPSA) is 22.0 Å². The van der Waals surface area contributed by atoms with E-state index in [0.717, 1.165) is 11.3 Å². The number of hydrogen-bond donors (Lipinski definition) is 0. The second kappa shape index (κ2) is 5.00. The summed E-state index contributed by atoms with van der Waals surface area (Å²) in [5, 5.41) is 0. The molecule has 0 bridgehead atoms. The molecule has 0 fully saturated rings. The van der Waals surface area contributed by atoms with E-state index < -0.39 is 0 Å². The minimum atomic E-state index is -0.273. The second-order valence-electron chi connectivity index (χ2n) is 3.62. The zero-order valence-corrected chi connectivity index (χ0v) is 11.4. The summed E-state index contributed by atoms with van der Waals surface area (Å²) in [6, 6.07) is 9.84. The maximum Gasteiger partial charge on any atom is 0.264 e. The van der Waals surface area contributed by atoms with Gasteiger partial charge in [0, 0.05) is 6.54 Å². The van der Waals surface area contributed by atoms with Crippen LogP contribution in [0.2, 0.25) is 0 Å². The predicted octanol–water partition coefficient (Wildman–Crippen LogP) is 3.28. The van der Waals surface area contributed by atoms with Gasteiger partial charge in [-0.3, -0.25) is 4.79 Å². The smallest absolute Gasteiger partial charge is 0.264 e. The Kier molecular flexibility index (Phi) is 3.61. The van der Waals surface area contributed by atoms with Crippen LogP contribution < -0.4 is 5.56 Å². The molecule has 0 aliphatic carbocycles. The van der Waals surface area contributed by atoms with Crippen LogP contribution in [0.15, 0.2) is 41.2 Å². The molecule has 0 unspecified atom stereocenters. The lowest BCUT2D eigenvalue weighted by atomic mass is 10.1. The quantitative estimate of drug-likeness (QED) is 0.767. The average Bonchev–Trinajstić information content (AvgIpc) is 2.34. The van der Waals surface area contributed by atoms with Crippen molar-refractivity contribution in [3.05, 3.63) is 56.1 Å². The lowest BCUT2D eigenvalue weighted by Gasteiger charge is -2.11. The van der Waals surface area contributed by atoms with Crippen molar-refractivity contribution in [2.24, 2.45) is 0 Å². The fraction of sp³-hybridized carbons (Fsp3) is 0.154. The van der Waals surface area contributed by atoms with Crippen molar-refractivity contribution in [1.82, 2.24) is 4.57 Å². The van der Waals surface area contributed by atoms with Gasteiger partial charge in [-0.25, -0.2) is 4.39 Å². The van der Waals surface area contributed by atoms with E-state index in [1.807, 2.05) is 35.6 Å². The highest BCUT2D eigenvalue weighted by Crippen LogP contribution is 2.19. The van der Waals surface area contributed by atoms with Crippen LogP contribution >= 0.6 is 22.6 Å². The lowest BCUT2D eigenvalue weighted by molar-refractivity contribution is 0.628. The minimum absolute atomic E-state index is 0.00470. The van der Waals surface area contributed by atoms with Gasteiger partial charge in [-0.2, -0.15) is 0 Å². The van der Waals surface area contributed by atoms with Gasteiger partial charge in [0.15, 0.2) is 0 Å². The summed E-state index contributed by atoms with van der Waals surface area (Å²) < 4.78 is 15.2. The van der Waals surface area contributed by atoms with Crippen molar-refractivity contribution < 1.29 is 4.39 Å². The van der Waals surface area contributed by atoms with Crippen molar-refractivity contribution >= 4 is 22.6 Å². The Morgan fingerprint density at radius 2 is 1.82 bits per heavy atom. The van der Waals surface area contributed by atoms with Gasteiger partial charge in [-0.15, -0.1) is 0 Å². The molecule has 0 aliphatic heterocycles. The van der Waals surface area contributed by atoms with Crippen LogP contribution in [0.25, 0.3) is 11.3 Å². The van der Waals surface area contributed by atoms with Gasteiger partial charge in [-0.1, -0.05) is 0 Å². The molecule has 1 aromatic carbocycles. The summed E-state index contributed by atoms with van der Waals surface area (Å²) in [6.45, 7) is 2.52. The van der Waals surface area contributed by atoms with Gasteiger partial charge in [-0.05, 0) is 71.5 Å². The molecule has 4 heteroatoms. The molecule has 0 spiro atoms. The molecule has 0 aliphatic rings. The summed E-state index contributed by atoms with van der Waals surface area (Å²) in [5.74, 6) is -0.273. The molecule has 0 saturated heterocycles. The average molecular weight is 343 g/mol. The Morgan fingerprint density at radius 3 is 2.41 bits per heavy atom. The second-order valence-corrected chi connectivity index (χ2v) is 4.79. The van der Waals surface area contributed by atoms with Crippen LogP contribution in [0, 0.1) is 9.39 Å². The first-order valence-electron chi connectivity index (χ1n) is 5.28. The standard InChI is InChI=1S/C13H11FINO/c1-2-16-12(8-7-11(15)13(16)17)9-3-5-10(14)6-4-9/h3-8H,2H2,1H3. The van der Waals surface area contributed by atoms with Crippen molar-refractivity contribution in [3.63, 3.8) is 0 Å². The van der Waals surface area contributed by atoms with Crippen LogP contribution in [0.3, 0.4) is 0 Å². The van der Waals surface area contributed by atoms with Gasteiger partial charge in [0.2, 0.25) is 0 Å². The van der Waals surface area contributed by atoms with Crippen LogP contribution in [0.1, 0.15) is 6.92 Å². The first-order chi connectivity index (χ1) is 8.13. The molecule has 1 heterocycles. The van der Waals surface area contributed by atoms with Crippen LogP contribution in [-0.2, 0) is 6.54 Å². The van der Waals surface area contributed by atoms with Crippen LogP contribution in [0.4, 0.5) is 4.39 Å². The molecule has 88 valence electrons. The monoisotopic (exact) mass is 343 g/mol. The fourth-order valence-corrected chi connectivity index (χ4v) is 2.21. The van der Waals surface area contributed by atoms with E-state index in [2.05, 4.69) is 0 Å².